The maximum atomic E-state index is 12.7. The molecule has 0 radical (unpaired) electrons. The molecule has 1 N–H and O–H groups in total. The van der Waals surface area contributed by atoms with Crippen LogP contribution in [0, 0.1) is 6.92 Å². The Morgan fingerprint density at radius 1 is 1.17 bits per heavy atom. The first-order valence-corrected chi connectivity index (χ1v) is 8.62. The molecule has 0 saturated carbocycles. The molecule has 2 aromatic rings. The molecular weight excluding hydrogens is 322 g/mol. The zero-order valence-corrected chi connectivity index (χ0v) is 15.4. The van der Waals surface area contributed by atoms with Gasteiger partial charge in [-0.3, -0.25) is 4.79 Å². The minimum absolute atomic E-state index is 0.136. The highest BCUT2D eigenvalue weighted by Crippen LogP contribution is 2.28. The molecule has 2 aromatic carbocycles. The third-order valence-corrected chi connectivity index (χ3v) is 4.18. The maximum absolute atomic E-state index is 12.7. The highest BCUT2D eigenvalue weighted by atomic mass is 35.5. The van der Waals surface area contributed by atoms with E-state index in [1.807, 2.05) is 32.0 Å². The second-order valence-corrected chi connectivity index (χ2v) is 6.59. The largest absolute Gasteiger partial charge is 0.481 e. The number of rotatable bonds is 6. The minimum atomic E-state index is -0.550. The van der Waals surface area contributed by atoms with E-state index in [1.54, 1.807) is 24.3 Å². The van der Waals surface area contributed by atoms with Crippen LogP contribution in [0.3, 0.4) is 0 Å². The Balaban J connectivity index is 2.16. The summed E-state index contributed by atoms with van der Waals surface area (Å²) >= 11 is 5.88. The van der Waals surface area contributed by atoms with Crippen LogP contribution in [0.2, 0.25) is 5.02 Å². The molecule has 0 heterocycles. The Kier molecular flexibility index (Phi) is 6.27. The molecule has 0 aliphatic rings. The molecule has 2 rings (SSSR count). The van der Waals surface area contributed by atoms with Gasteiger partial charge in [-0.05, 0) is 54.7 Å². The van der Waals surface area contributed by atoms with Crippen LogP contribution in [0.1, 0.15) is 44.2 Å². The summed E-state index contributed by atoms with van der Waals surface area (Å²) in [5.74, 6) is 0.830. The number of aryl methyl sites for hydroxylation is 1. The number of ether oxygens (including phenoxy) is 1. The van der Waals surface area contributed by atoms with Gasteiger partial charge in [0, 0.05) is 10.7 Å². The molecule has 4 heteroatoms. The molecule has 0 spiro atoms. The molecule has 0 aliphatic heterocycles. The summed E-state index contributed by atoms with van der Waals surface area (Å²) < 4.78 is 5.82. The Hall–Kier alpha value is -2.00. The molecule has 0 fully saturated rings. The third kappa shape index (κ3) is 4.51. The molecule has 0 aromatic heterocycles. The fourth-order valence-electron chi connectivity index (χ4n) is 2.55. The van der Waals surface area contributed by atoms with Gasteiger partial charge in [0.05, 0.1) is 0 Å². The number of amides is 1. The molecule has 1 atom stereocenters. The fraction of sp³-hybridized carbons (Fsp3) is 0.350. The Morgan fingerprint density at radius 2 is 1.83 bits per heavy atom. The maximum Gasteiger partial charge on any atom is 0.265 e. The van der Waals surface area contributed by atoms with E-state index in [0.29, 0.717) is 23.1 Å². The normalized spacial score (nSPS) is 12.1. The van der Waals surface area contributed by atoms with E-state index in [4.69, 9.17) is 16.3 Å². The summed E-state index contributed by atoms with van der Waals surface area (Å²) in [4.78, 5) is 12.7. The van der Waals surface area contributed by atoms with Gasteiger partial charge in [0.1, 0.15) is 5.75 Å². The Labute approximate surface area is 149 Å². The summed E-state index contributed by atoms with van der Waals surface area (Å²) in [6, 6.07) is 13.1. The fourth-order valence-corrected chi connectivity index (χ4v) is 2.67. The van der Waals surface area contributed by atoms with E-state index in [9.17, 15) is 4.79 Å². The van der Waals surface area contributed by atoms with Gasteiger partial charge in [0.25, 0.3) is 5.91 Å². The van der Waals surface area contributed by atoms with Crippen molar-refractivity contribution in [2.75, 3.05) is 5.32 Å². The van der Waals surface area contributed by atoms with Crippen molar-refractivity contribution < 1.29 is 9.53 Å². The lowest BCUT2D eigenvalue weighted by Gasteiger charge is -2.21. The molecule has 24 heavy (non-hydrogen) atoms. The number of halogens is 1. The number of carbonyl (C=O) groups excluding carboxylic acids is 1. The average Bonchev–Trinajstić information content (AvgIpc) is 2.55. The Bertz CT molecular complexity index is 695. The van der Waals surface area contributed by atoms with Gasteiger partial charge in [-0.15, -0.1) is 0 Å². The van der Waals surface area contributed by atoms with Gasteiger partial charge in [-0.2, -0.15) is 0 Å². The van der Waals surface area contributed by atoms with Crippen molar-refractivity contribution in [3.8, 4) is 5.75 Å². The Morgan fingerprint density at radius 3 is 2.42 bits per heavy atom. The molecule has 0 aliphatic carbocycles. The third-order valence-electron chi connectivity index (χ3n) is 3.93. The van der Waals surface area contributed by atoms with Crippen molar-refractivity contribution in [1.29, 1.82) is 0 Å². The summed E-state index contributed by atoms with van der Waals surface area (Å²) in [6.45, 7) is 8.17. The van der Waals surface area contributed by atoms with Gasteiger partial charge >= 0.3 is 0 Å². The van der Waals surface area contributed by atoms with Crippen LogP contribution in [0.25, 0.3) is 0 Å². The van der Waals surface area contributed by atoms with Gasteiger partial charge in [0.15, 0.2) is 6.10 Å². The van der Waals surface area contributed by atoms with Gasteiger partial charge < -0.3 is 10.1 Å². The molecule has 0 bridgehead atoms. The van der Waals surface area contributed by atoms with Gasteiger partial charge in [-0.25, -0.2) is 0 Å². The first-order valence-electron chi connectivity index (χ1n) is 8.25. The van der Waals surface area contributed by atoms with Crippen molar-refractivity contribution in [3.05, 3.63) is 58.6 Å². The van der Waals surface area contributed by atoms with Crippen molar-refractivity contribution in [2.45, 2.75) is 46.1 Å². The molecule has 128 valence electrons. The molecule has 3 nitrogen and oxygen atoms in total. The summed E-state index contributed by atoms with van der Waals surface area (Å²) in [7, 11) is 0. The van der Waals surface area contributed by atoms with Crippen LogP contribution in [0.5, 0.6) is 5.75 Å². The minimum Gasteiger partial charge on any atom is -0.481 e. The van der Waals surface area contributed by atoms with E-state index < -0.39 is 6.10 Å². The highest BCUT2D eigenvalue weighted by Gasteiger charge is 2.21. The molecular formula is C20H24ClNO2. The standard InChI is InChI=1S/C20H24ClNO2/c1-5-18(24-16-11-9-15(21)10-12-16)20(23)22-19-14(4)7-6-8-17(19)13(2)3/h6-13,18H,5H2,1-4H3,(H,22,23)/t18-/m1/s1. The monoisotopic (exact) mass is 345 g/mol. The van der Waals surface area contributed by atoms with E-state index in [-0.39, 0.29) is 5.91 Å². The van der Waals surface area contributed by atoms with E-state index in [1.165, 1.54) is 0 Å². The van der Waals surface area contributed by atoms with Crippen LogP contribution >= 0.6 is 11.6 Å². The summed E-state index contributed by atoms with van der Waals surface area (Å²) in [6.07, 6.45) is 0.0305. The summed E-state index contributed by atoms with van der Waals surface area (Å²) in [5.41, 5.74) is 3.07. The first kappa shape index (κ1) is 18.3. The van der Waals surface area contributed by atoms with Crippen molar-refractivity contribution >= 4 is 23.2 Å². The molecule has 0 saturated heterocycles. The number of hydrogen-bond acceptors (Lipinski definition) is 2. The predicted molar refractivity (Wildman–Crippen MR) is 100 cm³/mol. The van der Waals surface area contributed by atoms with Crippen LogP contribution < -0.4 is 10.1 Å². The van der Waals surface area contributed by atoms with Crippen LogP contribution in [-0.4, -0.2) is 12.0 Å². The van der Waals surface area contributed by atoms with Crippen LogP contribution in [0.15, 0.2) is 42.5 Å². The van der Waals surface area contributed by atoms with Gasteiger partial charge in [-0.1, -0.05) is 50.6 Å². The van der Waals surface area contributed by atoms with E-state index >= 15 is 0 Å². The zero-order valence-electron chi connectivity index (χ0n) is 14.6. The van der Waals surface area contributed by atoms with Crippen molar-refractivity contribution in [1.82, 2.24) is 0 Å². The average molecular weight is 346 g/mol. The molecule has 0 unspecified atom stereocenters. The van der Waals surface area contributed by atoms with E-state index in [2.05, 4.69) is 19.2 Å². The first-order chi connectivity index (χ1) is 11.4. The second kappa shape index (κ2) is 8.20. The molecule has 1 amide bonds. The smallest absolute Gasteiger partial charge is 0.265 e. The second-order valence-electron chi connectivity index (χ2n) is 6.15. The van der Waals surface area contributed by atoms with Crippen molar-refractivity contribution in [3.63, 3.8) is 0 Å². The lowest BCUT2D eigenvalue weighted by Crippen LogP contribution is -2.33. The zero-order chi connectivity index (χ0) is 17.7. The number of hydrogen-bond donors (Lipinski definition) is 1. The predicted octanol–water partition coefficient (Wildman–Crippen LogP) is 5.57. The number of benzene rings is 2. The summed E-state index contributed by atoms with van der Waals surface area (Å²) in [5, 5.41) is 3.69. The van der Waals surface area contributed by atoms with Gasteiger partial charge in [0.2, 0.25) is 0 Å². The SMILES string of the molecule is CC[C@@H](Oc1ccc(Cl)cc1)C(=O)Nc1c(C)cccc1C(C)C. The number of nitrogens with one attached hydrogen (secondary N) is 1. The quantitative estimate of drug-likeness (QED) is 0.743. The lowest BCUT2D eigenvalue weighted by molar-refractivity contribution is -0.122. The highest BCUT2D eigenvalue weighted by molar-refractivity contribution is 6.30. The number of carbonyl (C=O) groups is 1. The van der Waals surface area contributed by atoms with Crippen molar-refractivity contribution in [2.24, 2.45) is 0 Å². The lowest BCUT2D eigenvalue weighted by atomic mass is 9.98. The van der Waals surface area contributed by atoms with Crippen LogP contribution in [-0.2, 0) is 4.79 Å². The van der Waals surface area contributed by atoms with E-state index in [0.717, 1.165) is 16.8 Å². The topological polar surface area (TPSA) is 38.3 Å². The number of anilines is 1. The van der Waals surface area contributed by atoms with Crippen LogP contribution in [0.4, 0.5) is 5.69 Å². The number of para-hydroxylation sites is 1.